The van der Waals surface area contributed by atoms with E-state index in [1.807, 2.05) is 6.07 Å². The lowest BCUT2D eigenvalue weighted by Crippen LogP contribution is -2.34. The number of piperidine rings is 1. The maximum absolute atomic E-state index is 5.82. The van der Waals surface area contributed by atoms with Crippen LogP contribution in [0.25, 0.3) is 0 Å². The zero-order valence-electron chi connectivity index (χ0n) is 8.28. The Bertz CT molecular complexity index is 316. The Labute approximate surface area is 89.1 Å². The number of nitrogens with zero attached hydrogens (tertiary/aromatic N) is 3. The van der Waals surface area contributed by atoms with E-state index in [1.54, 1.807) is 0 Å². The highest BCUT2D eigenvalue weighted by molar-refractivity contribution is 6.29. The second-order valence-electron chi connectivity index (χ2n) is 3.89. The summed E-state index contributed by atoms with van der Waals surface area (Å²) < 4.78 is 0. The Hall–Kier alpha value is -0.830. The van der Waals surface area contributed by atoms with Gasteiger partial charge in [0.05, 0.1) is 0 Å². The zero-order chi connectivity index (χ0) is 9.97. The van der Waals surface area contributed by atoms with Gasteiger partial charge in [-0.15, -0.1) is 0 Å². The lowest BCUT2D eigenvalue weighted by Gasteiger charge is -2.31. The van der Waals surface area contributed by atoms with Crippen LogP contribution >= 0.6 is 11.6 Å². The third-order valence-electron chi connectivity index (χ3n) is 2.60. The molecule has 1 aliphatic heterocycles. The van der Waals surface area contributed by atoms with Crippen molar-refractivity contribution in [3.63, 3.8) is 0 Å². The fourth-order valence-corrected chi connectivity index (χ4v) is 2.04. The minimum Gasteiger partial charge on any atom is -0.356 e. The molecule has 0 amide bonds. The minimum absolute atomic E-state index is 0.522. The van der Waals surface area contributed by atoms with Crippen molar-refractivity contribution in [1.29, 1.82) is 0 Å². The van der Waals surface area contributed by atoms with Crippen molar-refractivity contribution in [3.8, 4) is 0 Å². The maximum Gasteiger partial charge on any atom is 0.134 e. The SMILES string of the molecule is C[C@H]1CCCN(c2cc(Cl)ncn2)C1. The summed E-state index contributed by atoms with van der Waals surface area (Å²) in [6, 6.07) is 1.83. The van der Waals surface area contributed by atoms with Crippen LogP contribution in [0.2, 0.25) is 5.15 Å². The second-order valence-corrected chi connectivity index (χ2v) is 4.28. The van der Waals surface area contributed by atoms with E-state index in [1.165, 1.54) is 19.2 Å². The summed E-state index contributed by atoms with van der Waals surface area (Å²) in [6.45, 7) is 4.43. The first-order valence-electron chi connectivity index (χ1n) is 4.98. The first-order valence-corrected chi connectivity index (χ1v) is 5.36. The van der Waals surface area contributed by atoms with Crippen molar-refractivity contribution in [2.75, 3.05) is 18.0 Å². The largest absolute Gasteiger partial charge is 0.356 e. The van der Waals surface area contributed by atoms with E-state index in [0.717, 1.165) is 24.8 Å². The summed E-state index contributed by atoms with van der Waals surface area (Å²) in [5.74, 6) is 1.70. The first-order chi connectivity index (χ1) is 6.75. The Balaban J connectivity index is 2.14. The van der Waals surface area contributed by atoms with Gasteiger partial charge in [0.25, 0.3) is 0 Å². The topological polar surface area (TPSA) is 29.0 Å². The molecule has 3 nitrogen and oxygen atoms in total. The molecule has 2 heterocycles. The van der Waals surface area contributed by atoms with Crippen LogP contribution in [-0.2, 0) is 0 Å². The molecule has 0 bridgehead atoms. The third-order valence-corrected chi connectivity index (χ3v) is 2.81. The Kier molecular flexibility index (Phi) is 2.87. The smallest absolute Gasteiger partial charge is 0.134 e. The highest BCUT2D eigenvalue weighted by Crippen LogP contribution is 2.21. The molecular formula is C10H14ClN3. The van der Waals surface area contributed by atoms with Crippen molar-refractivity contribution in [2.24, 2.45) is 5.92 Å². The fourth-order valence-electron chi connectivity index (χ4n) is 1.89. The predicted octanol–water partition coefficient (Wildman–Crippen LogP) is 2.37. The van der Waals surface area contributed by atoms with Crippen LogP contribution in [0.4, 0.5) is 5.82 Å². The van der Waals surface area contributed by atoms with Crippen molar-refractivity contribution < 1.29 is 0 Å². The summed E-state index contributed by atoms with van der Waals surface area (Å²) in [5.41, 5.74) is 0. The number of aromatic nitrogens is 2. The van der Waals surface area contributed by atoms with Crippen LogP contribution in [-0.4, -0.2) is 23.1 Å². The van der Waals surface area contributed by atoms with Crippen LogP contribution in [0.1, 0.15) is 19.8 Å². The van der Waals surface area contributed by atoms with Gasteiger partial charge in [0, 0.05) is 19.2 Å². The second kappa shape index (κ2) is 4.13. The van der Waals surface area contributed by atoms with Gasteiger partial charge in [-0.1, -0.05) is 18.5 Å². The molecule has 0 saturated carbocycles. The zero-order valence-corrected chi connectivity index (χ0v) is 9.04. The van der Waals surface area contributed by atoms with Gasteiger partial charge >= 0.3 is 0 Å². The average molecular weight is 212 g/mol. The molecular weight excluding hydrogens is 198 g/mol. The molecule has 1 aromatic heterocycles. The first kappa shape index (κ1) is 9.71. The van der Waals surface area contributed by atoms with E-state index in [4.69, 9.17) is 11.6 Å². The molecule has 2 rings (SSSR count). The van der Waals surface area contributed by atoms with Gasteiger partial charge < -0.3 is 4.90 Å². The van der Waals surface area contributed by atoms with Gasteiger partial charge in [0.1, 0.15) is 17.3 Å². The Morgan fingerprint density at radius 2 is 2.36 bits per heavy atom. The van der Waals surface area contributed by atoms with Crippen LogP contribution < -0.4 is 4.90 Å². The van der Waals surface area contributed by atoms with Crippen molar-refractivity contribution in [2.45, 2.75) is 19.8 Å². The standard InChI is InChI=1S/C10H14ClN3/c1-8-3-2-4-14(6-8)10-5-9(11)12-7-13-10/h5,7-8H,2-4,6H2,1H3/t8-/m0/s1. The Morgan fingerprint density at radius 3 is 3.07 bits per heavy atom. The number of hydrogen-bond acceptors (Lipinski definition) is 3. The summed E-state index contributed by atoms with van der Waals surface area (Å²) in [4.78, 5) is 10.4. The lowest BCUT2D eigenvalue weighted by atomic mass is 10.0. The summed E-state index contributed by atoms with van der Waals surface area (Å²) in [5, 5.41) is 0.522. The van der Waals surface area contributed by atoms with E-state index < -0.39 is 0 Å². The molecule has 0 radical (unpaired) electrons. The molecule has 0 aromatic carbocycles. The molecule has 1 saturated heterocycles. The van der Waals surface area contributed by atoms with Crippen molar-refractivity contribution in [1.82, 2.24) is 9.97 Å². The lowest BCUT2D eigenvalue weighted by molar-refractivity contribution is 0.444. The quantitative estimate of drug-likeness (QED) is 0.668. The number of rotatable bonds is 1. The molecule has 1 fully saturated rings. The monoisotopic (exact) mass is 211 g/mol. The predicted molar refractivity (Wildman–Crippen MR) is 57.7 cm³/mol. The van der Waals surface area contributed by atoms with E-state index in [0.29, 0.717) is 5.15 Å². The van der Waals surface area contributed by atoms with Gasteiger partial charge in [-0.3, -0.25) is 0 Å². The Morgan fingerprint density at radius 1 is 1.50 bits per heavy atom. The van der Waals surface area contributed by atoms with Crippen LogP contribution in [0, 0.1) is 5.92 Å². The van der Waals surface area contributed by atoms with E-state index in [9.17, 15) is 0 Å². The van der Waals surface area contributed by atoms with Crippen molar-refractivity contribution >= 4 is 17.4 Å². The highest BCUT2D eigenvalue weighted by atomic mass is 35.5. The minimum atomic E-state index is 0.522. The molecule has 1 aliphatic rings. The van der Waals surface area contributed by atoms with Crippen LogP contribution in [0.15, 0.2) is 12.4 Å². The van der Waals surface area contributed by atoms with E-state index in [-0.39, 0.29) is 0 Å². The normalized spacial score (nSPS) is 22.4. The molecule has 0 unspecified atom stereocenters. The van der Waals surface area contributed by atoms with Gasteiger partial charge in [-0.25, -0.2) is 9.97 Å². The molecule has 0 N–H and O–H groups in total. The molecule has 76 valence electrons. The third kappa shape index (κ3) is 2.15. The van der Waals surface area contributed by atoms with Crippen molar-refractivity contribution in [3.05, 3.63) is 17.5 Å². The van der Waals surface area contributed by atoms with Crippen LogP contribution in [0.5, 0.6) is 0 Å². The van der Waals surface area contributed by atoms with Gasteiger partial charge in [0.15, 0.2) is 0 Å². The maximum atomic E-state index is 5.82. The van der Waals surface area contributed by atoms with E-state index in [2.05, 4.69) is 21.8 Å². The number of halogens is 1. The molecule has 1 atom stereocenters. The summed E-state index contributed by atoms with van der Waals surface area (Å²) >= 11 is 5.82. The number of anilines is 1. The van der Waals surface area contributed by atoms with Gasteiger partial charge in [-0.05, 0) is 18.8 Å². The fraction of sp³-hybridized carbons (Fsp3) is 0.600. The molecule has 0 aliphatic carbocycles. The van der Waals surface area contributed by atoms with Crippen LogP contribution in [0.3, 0.4) is 0 Å². The molecule has 1 aromatic rings. The molecule has 0 spiro atoms. The summed E-state index contributed by atoms with van der Waals surface area (Å²) in [6.07, 6.45) is 4.08. The van der Waals surface area contributed by atoms with Gasteiger partial charge in [-0.2, -0.15) is 0 Å². The van der Waals surface area contributed by atoms with E-state index >= 15 is 0 Å². The summed E-state index contributed by atoms with van der Waals surface area (Å²) in [7, 11) is 0. The highest BCUT2D eigenvalue weighted by Gasteiger charge is 2.17. The molecule has 14 heavy (non-hydrogen) atoms. The van der Waals surface area contributed by atoms with Gasteiger partial charge in [0.2, 0.25) is 0 Å². The molecule has 4 heteroatoms. The average Bonchev–Trinajstić information content (AvgIpc) is 2.18. The number of hydrogen-bond donors (Lipinski definition) is 0.